The first-order chi connectivity index (χ1) is 14.3. The molecular weight excluding hydrogens is 408 g/mol. The molecule has 0 radical (unpaired) electrons. The van der Waals surface area contributed by atoms with Crippen LogP contribution in [0.5, 0.6) is 0 Å². The molecule has 1 aliphatic rings. The number of aliphatic carboxylic acids is 1. The molecule has 4 atom stereocenters. The number of nitrogens with zero attached hydrogens (tertiary/aromatic N) is 1. The van der Waals surface area contributed by atoms with Crippen LogP contribution in [0.4, 0.5) is 5.69 Å². The monoisotopic (exact) mass is 432 g/mol. The van der Waals surface area contributed by atoms with Crippen LogP contribution >= 0.6 is 12.6 Å². The van der Waals surface area contributed by atoms with Crippen molar-refractivity contribution >= 4 is 36.1 Å². The summed E-state index contributed by atoms with van der Waals surface area (Å²) < 4.78 is 5.21. The second kappa shape index (κ2) is 9.31. The average molecular weight is 433 g/mol. The van der Waals surface area contributed by atoms with Gasteiger partial charge in [-0.25, -0.2) is 4.98 Å². The Labute approximate surface area is 179 Å². The van der Waals surface area contributed by atoms with E-state index in [0.29, 0.717) is 12.1 Å². The van der Waals surface area contributed by atoms with E-state index in [9.17, 15) is 14.4 Å². The summed E-state index contributed by atoms with van der Waals surface area (Å²) in [4.78, 5) is 43.6. The SMILES string of the molecule is CCC(Cc1cnc[nH]1)(NC(=O)C1OC1CC(=O)O)C(S)C(=O)Nc1ccccc1. The van der Waals surface area contributed by atoms with E-state index in [1.165, 1.54) is 6.33 Å². The van der Waals surface area contributed by atoms with Gasteiger partial charge in [0.15, 0.2) is 6.10 Å². The predicted octanol–water partition coefficient (Wildman–Crippen LogP) is 1.40. The number of hydrogen-bond acceptors (Lipinski definition) is 6. The standard InChI is InChI=1S/C20H24N4O5S/c1-2-20(9-13-10-21-11-22-13,24-18(27)16-14(29-16)8-15(25)26)17(30)19(28)23-12-6-4-3-5-7-12/h3-7,10-11,14,16-17,30H,2,8-9H2,1H3,(H,21,22)(H,23,28)(H,24,27)(H,25,26). The fourth-order valence-electron chi connectivity index (χ4n) is 3.34. The molecule has 1 saturated heterocycles. The van der Waals surface area contributed by atoms with Gasteiger partial charge < -0.3 is 25.5 Å². The molecule has 0 aliphatic carbocycles. The quantitative estimate of drug-likeness (QED) is 0.284. The summed E-state index contributed by atoms with van der Waals surface area (Å²) >= 11 is 4.57. The zero-order valence-electron chi connectivity index (χ0n) is 16.4. The van der Waals surface area contributed by atoms with Crippen LogP contribution in [0.1, 0.15) is 25.5 Å². The summed E-state index contributed by atoms with van der Waals surface area (Å²) in [6.07, 6.45) is 2.03. The Bertz CT molecular complexity index is 892. The molecule has 30 heavy (non-hydrogen) atoms. The van der Waals surface area contributed by atoms with Crippen LogP contribution in [0.2, 0.25) is 0 Å². The highest BCUT2D eigenvalue weighted by Gasteiger charge is 2.50. The number of hydrogen-bond donors (Lipinski definition) is 5. The number of aromatic amines is 1. The molecule has 3 rings (SSSR count). The van der Waals surface area contributed by atoms with Gasteiger partial charge in [0.1, 0.15) is 11.4 Å². The topological polar surface area (TPSA) is 137 Å². The summed E-state index contributed by atoms with van der Waals surface area (Å²) in [5.41, 5.74) is 0.291. The fraction of sp³-hybridized carbons (Fsp3) is 0.400. The molecule has 2 amide bonds. The van der Waals surface area contributed by atoms with Gasteiger partial charge in [0.2, 0.25) is 5.91 Å². The first kappa shape index (κ1) is 21.8. The number of carbonyl (C=O) groups is 3. The van der Waals surface area contributed by atoms with E-state index in [-0.39, 0.29) is 18.7 Å². The number of para-hydroxylation sites is 1. The molecule has 0 saturated carbocycles. The Hall–Kier alpha value is -2.85. The molecule has 9 nitrogen and oxygen atoms in total. The van der Waals surface area contributed by atoms with Crippen molar-refractivity contribution in [3.63, 3.8) is 0 Å². The average Bonchev–Trinajstić information content (AvgIpc) is 3.29. The second-order valence-corrected chi connectivity index (χ2v) is 7.72. The number of benzene rings is 1. The number of imidazole rings is 1. The Balaban J connectivity index is 1.78. The number of carbonyl (C=O) groups excluding carboxylic acids is 2. The second-order valence-electron chi connectivity index (χ2n) is 7.20. The van der Waals surface area contributed by atoms with Gasteiger partial charge >= 0.3 is 5.97 Å². The molecular formula is C20H24N4O5S. The highest BCUT2D eigenvalue weighted by molar-refractivity contribution is 7.82. The Morgan fingerprint density at radius 1 is 1.33 bits per heavy atom. The van der Waals surface area contributed by atoms with E-state index < -0.39 is 34.9 Å². The molecule has 1 aromatic carbocycles. The minimum atomic E-state index is -1.05. The van der Waals surface area contributed by atoms with E-state index in [0.717, 1.165) is 5.69 Å². The van der Waals surface area contributed by atoms with E-state index in [4.69, 9.17) is 9.84 Å². The van der Waals surface area contributed by atoms with Crippen LogP contribution in [0.25, 0.3) is 0 Å². The number of nitrogens with one attached hydrogen (secondary N) is 3. The number of epoxide rings is 1. The number of carboxylic acid groups (broad SMARTS) is 1. The molecule has 2 aromatic rings. The lowest BCUT2D eigenvalue weighted by Crippen LogP contribution is -2.60. The lowest BCUT2D eigenvalue weighted by Gasteiger charge is -2.37. The van der Waals surface area contributed by atoms with Crippen molar-refractivity contribution in [2.24, 2.45) is 0 Å². The number of thiol groups is 1. The molecule has 1 aliphatic heterocycles. The van der Waals surface area contributed by atoms with Gasteiger partial charge in [-0.3, -0.25) is 14.4 Å². The maximum atomic E-state index is 12.9. The number of aromatic nitrogens is 2. The summed E-state index contributed by atoms with van der Waals surface area (Å²) in [6.45, 7) is 1.85. The smallest absolute Gasteiger partial charge is 0.306 e. The molecule has 160 valence electrons. The lowest BCUT2D eigenvalue weighted by atomic mass is 9.85. The number of amides is 2. The first-order valence-electron chi connectivity index (χ1n) is 9.55. The highest BCUT2D eigenvalue weighted by atomic mass is 32.1. The normalized spacial score (nSPS) is 20.6. The van der Waals surface area contributed by atoms with Gasteiger partial charge in [0.25, 0.3) is 5.91 Å². The summed E-state index contributed by atoms with van der Waals surface area (Å²) in [5, 5.41) is 13.7. The van der Waals surface area contributed by atoms with Gasteiger partial charge in [-0.05, 0) is 18.6 Å². The maximum Gasteiger partial charge on any atom is 0.306 e. The number of anilines is 1. The summed E-state index contributed by atoms with van der Waals surface area (Å²) in [5.74, 6) is -1.87. The highest BCUT2D eigenvalue weighted by Crippen LogP contribution is 2.30. The van der Waals surface area contributed by atoms with Crippen LogP contribution in [0.3, 0.4) is 0 Å². The van der Waals surface area contributed by atoms with Crippen molar-refractivity contribution in [2.45, 2.75) is 49.2 Å². The van der Waals surface area contributed by atoms with Crippen LogP contribution in [-0.4, -0.2) is 55.9 Å². The molecule has 10 heteroatoms. The van der Waals surface area contributed by atoms with Crippen LogP contribution in [0.15, 0.2) is 42.9 Å². The first-order valence-corrected chi connectivity index (χ1v) is 10.1. The Kier molecular flexibility index (Phi) is 6.78. The van der Waals surface area contributed by atoms with Crippen LogP contribution < -0.4 is 10.6 Å². The number of H-pyrrole nitrogens is 1. The van der Waals surface area contributed by atoms with Gasteiger partial charge in [0, 0.05) is 24.0 Å². The van der Waals surface area contributed by atoms with Crippen LogP contribution in [0, 0.1) is 0 Å². The van der Waals surface area contributed by atoms with Gasteiger partial charge in [-0.15, -0.1) is 0 Å². The van der Waals surface area contributed by atoms with E-state index in [1.807, 2.05) is 13.0 Å². The van der Waals surface area contributed by atoms with Gasteiger partial charge in [-0.2, -0.15) is 12.6 Å². The summed E-state index contributed by atoms with van der Waals surface area (Å²) in [7, 11) is 0. The minimum absolute atomic E-state index is 0.253. The zero-order valence-corrected chi connectivity index (χ0v) is 17.3. The molecule has 1 fully saturated rings. The summed E-state index contributed by atoms with van der Waals surface area (Å²) in [6, 6.07) is 8.96. The van der Waals surface area contributed by atoms with Crippen molar-refractivity contribution in [1.82, 2.24) is 15.3 Å². The van der Waals surface area contributed by atoms with E-state index in [2.05, 4.69) is 33.2 Å². The van der Waals surface area contributed by atoms with Crippen molar-refractivity contribution in [2.75, 3.05) is 5.32 Å². The van der Waals surface area contributed by atoms with Gasteiger partial charge in [0.05, 0.1) is 18.3 Å². The van der Waals surface area contributed by atoms with Gasteiger partial charge in [-0.1, -0.05) is 25.1 Å². The predicted molar refractivity (Wildman–Crippen MR) is 112 cm³/mol. The van der Waals surface area contributed by atoms with Crippen molar-refractivity contribution < 1.29 is 24.2 Å². The van der Waals surface area contributed by atoms with E-state index in [1.54, 1.807) is 30.5 Å². The zero-order chi connectivity index (χ0) is 21.7. The molecule has 1 aromatic heterocycles. The number of rotatable bonds is 10. The molecule has 4 unspecified atom stereocenters. The Morgan fingerprint density at radius 3 is 2.67 bits per heavy atom. The fourth-order valence-corrected chi connectivity index (χ4v) is 3.74. The lowest BCUT2D eigenvalue weighted by molar-refractivity contribution is -0.137. The van der Waals surface area contributed by atoms with Crippen LogP contribution in [-0.2, 0) is 25.5 Å². The maximum absolute atomic E-state index is 12.9. The molecule has 4 N–H and O–H groups in total. The van der Waals surface area contributed by atoms with E-state index >= 15 is 0 Å². The molecule has 0 bridgehead atoms. The third-order valence-electron chi connectivity index (χ3n) is 5.09. The third-order valence-corrected chi connectivity index (χ3v) is 5.82. The Morgan fingerprint density at radius 2 is 2.07 bits per heavy atom. The largest absolute Gasteiger partial charge is 0.481 e. The minimum Gasteiger partial charge on any atom is -0.481 e. The third kappa shape index (κ3) is 5.19. The number of ether oxygens (including phenoxy) is 1. The molecule has 2 heterocycles. The number of carboxylic acids is 1. The molecule has 0 spiro atoms. The van der Waals surface area contributed by atoms with Crippen molar-refractivity contribution in [3.8, 4) is 0 Å². The van der Waals surface area contributed by atoms with Crippen molar-refractivity contribution in [3.05, 3.63) is 48.5 Å². The van der Waals surface area contributed by atoms with Crippen molar-refractivity contribution in [1.29, 1.82) is 0 Å².